The van der Waals surface area contributed by atoms with E-state index >= 15 is 0 Å². The quantitative estimate of drug-likeness (QED) is 0.264. The Kier molecular flexibility index (Phi) is 8.56. The number of likely N-dealkylation sites (tertiary alicyclic amines) is 1. The van der Waals surface area contributed by atoms with Crippen LogP contribution in [0.1, 0.15) is 38.7 Å². The lowest BCUT2D eigenvalue weighted by Gasteiger charge is -2.32. The summed E-state index contributed by atoms with van der Waals surface area (Å²) in [6, 6.07) is 9.71. The van der Waals surface area contributed by atoms with Crippen molar-refractivity contribution in [2.45, 2.75) is 51.2 Å². The van der Waals surface area contributed by atoms with E-state index in [-0.39, 0.29) is 30.0 Å². The van der Waals surface area contributed by atoms with Crippen LogP contribution in [0.3, 0.4) is 0 Å². The number of pyridine rings is 1. The summed E-state index contributed by atoms with van der Waals surface area (Å²) in [6.45, 7) is 7.08. The average Bonchev–Trinajstić information content (AvgIpc) is 3.78. The molecule has 5 heterocycles. The van der Waals surface area contributed by atoms with Crippen molar-refractivity contribution in [1.29, 1.82) is 0 Å². The molecule has 0 radical (unpaired) electrons. The number of fused-ring (bicyclic) bond motifs is 1. The van der Waals surface area contributed by atoms with E-state index in [1.54, 1.807) is 24.6 Å². The summed E-state index contributed by atoms with van der Waals surface area (Å²) >= 11 is 1.64. The third-order valence-electron chi connectivity index (χ3n) is 8.59. The number of carbonyl (C=O) groups excluding carboxylic acids is 2. The van der Waals surface area contributed by atoms with Gasteiger partial charge in [0.1, 0.15) is 17.1 Å². The number of aromatic amines is 1. The number of hydrogen-bond acceptors (Lipinski definition) is 10. The van der Waals surface area contributed by atoms with Crippen molar-refractivity contribution in [1.82, 2.24) is 25.1 Å². The van der Waals surface area contributed by atoms with Gasteiger partial charge in [0, 0.05) is 80.4 Å². The Morgan fingerprint density at radius 2 is 1.98 bits per heavy atom. The first kappa shape index (κ1) is 29.4. The molecular formula is C32H38N6O4S. The Hall–Kier alpha value is -3.67. The number of H-pyrrole nitrogens is 1. The van der Waals surface area contributed by atoms with Crippen LogP contribution in [0.25, 0.3) is 22.2 Å². The minimum absolute atomic E-state index is 0.0305. The predicted octanol–water partition coefficient (Wildman–Crippen LogP) is 4.56. The van der Waals surface area contributed by atoms with E-state index in [1.165, 1.54) is 0 Å². The highest BCUT2D eigenvalue weighted by Crippen LogP contribution is 2.32. The van der Waals surface area contributed by atoms with E-state index in [1.807, 2.05) is 55.8 Å². The lowest BCUT2D eigenvalue weighted by atomic mass is 9.91. The van der Waals surface area contributed by atoms with Gasteiger partial charge in [-0.15, -0.1) is 11.3 Å². The number of Topliss-reactive ketones (excluding diaryl/α,β-unsaturated/α-hetero) is 2. The summed E-state index contributed by atoms with van der Waals surface area (Å²) in [5.41, 5.74) is 2.50. The topological polar surface area (TPSA) is 114 Å². The molecule has 2 saturated heterocycles. The summed E-state index contributed by atoms with van der Waals surface area (Å²) in [5.74, 6) is 0.908. The standard InChI is InChI=1S/C32H38N6O4S/c1-21(2)42-29-7-5-24(18-34-29)30-25-16-22(4-6-26(25)35-36-30)17-28(40)32(41-3)10-14-37(20-32)19-27(39)23-8-12-38(13-9-23)31-33-11-15-43-31/h4-7,11,15-16,18,21,23H,8-10,12-14,17,19-20H2,1-3H3,(H,35,36)/t32-/m0/s1. The fourth-order valence-corrected chi connectivity index (χ4v) is 6.88. The number of nitrogens with zero attached hydrogens (tertiary/aromatic N) is 5. The highest BCUT2D eigenvalue weighted by Gasteiger charge is 2.45. The minimum atomic E-state index is -0.918. The number of methoxy groups -OCH3 is 1. The number of thiazole rings is 1. The van der Waals surface area contributed by atoms with Crippen molar-refractivity contribution in [3.63, 3.8) is 0 Å². The summed E-state index contributed by atoms with van der Waals surface area (Å²) in [7, 11) is 1.61. The van der Waals surface area contributed by atoms with Gasteiger partial charge in [-0.25, -0.2) is 9.97 Å². The molecule has 6 rings (SSSR count). The molecule has 226 valence electrons. The first-order valence-corrected chi connectivity index (χ1v) is 15.8. The van der Waals surface area contributed by atoms with Gasteiger partial charge >= 0.3 is 0 Å². The number of nitrogens with one attached hydrogen (secondary N) is 1. The summed E-state index contributed by atoms with van der Waals surface area (Å²) in [4.78, 5) is 40.1. The maximum absolute atomic E-state index is 13.7. The van der Waals surface area contributed by atoms with Crippen LogP contribution in [0, 0.1) is 5.92 Å². The van der Waals surface area contributed by atoms with E-state index in [9.17, 15) is 9.59 Å². The monoisotopic (exact) mass is 602 g/mol. The minimum Gasteiger partial charge on any atom is -0.475 e. The van der Waals surface area contributed by atoms with Gasteiger partial charge < -0.3 is 14.4 Å². The highest BCUT2D eigenvalue weighted by atomic mass is 32.1. The molecule has 10 nitrogen and oxygen atoms in total. The molecular weight excluding hydrogens is 564 g/mol. The molecule has 0 aliphatic carbocycles. The smallest absolute Gasteiger partial charge is 0.213 e. The molecule has 43 heavy (non-hydrogen) atoms. The predicted molar refractivity (Wildman–Crippen MR) is 167 cm³/mol. The van der Waals surface area contributed by atoms with Crippen LogP contribution in [0.2, 0.25) is 0 Å². The fraction of sp³-hybridized carbons (Fsp3) is 0.469. The Bertz CT molecular complexity index is 1560. The van der Waals surface area contributed by atoms with Crippen molar-refractivity contribution >= 4 is 38.9 Å². The number of rotatable bonds is 11. The average molecular weight is 603 g/mol. The molecule has 2 fully saturated rings. The second-order valence-corrected chi connectivity index (χ2v) is 12.7. The van der Waals surface area contributed by atoms with E-state index in [2.05, 4.69) is 30.0 Å². The third-order valence-corrected chi connectivity index (χ3v) is 9.42. The maximum atomic E-state index is 13.7. The van der Waals surface area contributed by atoms with Crippen molar-refractivity contribution in [2.75, 3.05) is 44.7 Å². The molecule has 1 aromatic carbocycles. The molecule has 0 bridgehead atoms. The summed E-state index contributed by atoms with van der Waals surface area (Å²) in [6.07, 6.45) is 6.12. The molecule has 3 aromatic heterocycles. The fourth-order valence-electron chi connectivity index (χ4n) is 6.18. The SMILES string of the molecule is CO[C@@]1(C(=O)Cc2ccc3[nH]nc(-c4ccc(OC(C)C)nc4)c3c2)CCN(CC(=O)C2CCN(c3nccs3)CC2)C1. The normalized spacial score (nSPS) is 19.9. The number of ether oxygens (including phenoxy) is 2. The van der Waals surface area contributed by atoms with Crippen LogP contribution >= 0.6 is 11.3 Å². The number of anilines is 1. The van der Waals surface area contributed by atoms with Gasteiger partial charge in [-0.05, 0) is 56.9 Å². The first-order chi connectivity index (χ1) is 20.8. The van der Waals surface area contributed by atoms with E-state index < -0.39 is 5.60 Å². The molecule has 0 saturated carbocycles. The van der Waals surface area contributed by atoms with Crippen LogP contribution in [0.5, 0.6) is 5.88 Å². The molecule has 4 aromatic rings. The summed E-state index contributed by atoms with van der Waals surface area (Å²) < 4.78 is 11.6. The van der Waals surface area contributed by atoms with Crippen molar-refractivity contribution < 1.29 is 19.1 Å². The van der Waals surface area contributed by atoms with Gasteiger partial charge in [0.2, 0.25) is 5.88 Å². The van der Waals surface area contributed by atoms with Crippen LogP contribution in [0.15, 0.2) is 48.1 Å². The number of ketones is 2. The van der Waals surface area contributed by atoms with Crippen molar-refractivity contribution in [3.8, 4) is 17.1 Å². The molecule has 2 aliphatic heterocycles. The molecule has 11 heteroatoms. The van der Waals surface area contributed by atoms with Gasteiger partial charge in [0.15, 0.2) is 10.9 Å². The van der Waals surface area contributed by atoms with Gasteiger partial charge in [-0.3, -0.25) is 19.6 Å². The highest BCUT2D eigenvalue weighted by molar-refractivity contribution is 7.13. The zero-order valence-electron chi connectivity index (χ0n) is 24.9. The van der Waals surface area contributed by atoms with Crippen LogP contribution in [-0.2, 0) is 20.7 Å². The number of hydrogen-bond donors (Lipinski definition) is 1. The maximum Gasteiger partial charge on any atom is 0.213 e. The molecule has 0 amide bonds. The van der Waals surface area contributed by atoms with E-state index in [0.717, 1.165) is 58.8 Å². The van der Waals surface area contributed by atoms with E-state index in [0.29, 0.717) is 31.9 Å². The van der Waals surface area contributed by atoms with Gasteiger partial charge in [-0.2, -0.15) is 5.10 Å². The zero-order valence-corrected chi connectivity index (χ0v) is 25.7. The number of carbonyl (C=O) groups is 2. The lowest BCUT2D eigenvalue weighted by molar-refractivity contribution is -0.139. The third kappa shape index (κ3) is 6.34. The Labute approximate surface area is 255 Å². The molecule has 1 N–H and O–H groups in total. The van der Waals surface area contributed by atoms with Crippen molar-refractivity contribution in [2.24, 2.45) is 5.92 Å². The van der Waals surface area contributed by atoms with Crippen LogP contribution in [-0.4, -0.2) is 88.2 Å². The molecule has 1 atom stereocenters. The lowest BCUT2D eigenvalue weighted by Crippen LogP contribution is -2.45. The number of aromatic nitrogens is 4. The molecule has 0 spiro atoms. The second kappa shape index (κ2) is 12.5. The Morgan fingerprint density at radius 3 is 2.67 bits per heavy atom. The largest absolute Gasteiger partial charge is 0.475 e. The van der Waals surface area contributed by atoms with Crippen molar-refractivity contribution in [3.05, 3.63) is 53.7 Å². The van der Waals surface area contributed by atoms with Gasteiger partial charge in [0.25, 0.3) is 0 Å². The zero-order chi connectivity index (χ0) is 30.0. The van der Waals surface area contributed by atoms with Crippen LogP contribution < -0.4 is 9.64 Å². The molecule has 2 aliphatic rings. The van der Waals surface area contributed by atoms with Gasteiger partial charge in [-0.1, -0.05) is 6.07 Å². The molecule has 0 unspecified atom stereocenters. The Balaban J connectivity index is 1.08. The summed E-state index contributed by atoms with van der Waals surface area (Å²) in [5, 5.41) is 11.5. The van der Waals surface area contributed by atoms with Gasteiger partial charge in [0.05, 0.1) is 18.2 Å². The number of piperidine rings is 1. The number of benzene rings is 1. The second-order valence-electron chi connectivity index (χ2n) is 11.8. The Morgan fingerprint density at radius 1 is 1.14 bits per heavy atom. The first-order valence-electron chi connectivity index (χ1n) is 14.9. The van der Waals surface area contributed by atoms with E-state index in [4.69, 9.17) is 9.47 Å². The van der Waals surface area contributed by atoms with Crippen LogP contribution in [0.4, 0.5) is 5.13 Å².